The Morgan fingerprint density at radius 3 is 2.07 bits per heavy atom. The summed E-state index contributed by atoms with van der Waals surface area (Å²) in [7, 11) is 6.70. The average molecular weight is 381 g/mol. The Morgan fingerprint density at radius 2 is 1.46 bits per heavy atom. The molecule has 0 aliphatic carbocycles. The van der Waals surface area contributed by atoms with Crippen LogP contribution in [0.2, 0.25) is 0 Å². The first-order chi connectivity index (χ1) is 13.3. The Kier molecular flexibility index (Phi) is 5.30. The van der Waals surface area contributed by atoms with Crippen LogP contribution in [0.1, 0.15) is 5.56 Å². The fourth-order valence-corrected chi connectivity index (χ4v) is 3.04. The number of nitrogens with zero attached hydrogens (tertiary/aromatic N) is 5. The summed E-state index contributed by atoms with van der Waals surface area (Å²) in [6.45, 7) is 1.84. The van der Waals surface area contributed by atoms with E-state index in [0.717, 1.165) is 40.1 Å². The maximum absolute atomic E-state index is 12.2. The van der Waals surface area contributed by atoms with Gasteiger partial charge < -0.3 is 9.80 Å². The van der Waals surface area contributed by atoms with Crippen molar-refractivity contribution in [2.45, 2.75) is 0 Å². The molecule has 0 bridgehead atoms. The minimum absolute atomic E-state index is 0.0556. The number of rotatable bonds is 3. The molecule has 0 spiro atoms. The molecular weight excluding hydrogens is 358 g/mol. The lowest BCUT2D eigenvalue weighted by Gasteiger charge is -2.28. The van der Waals surface area contributed by atoms with Gasteiger partial charge in [0.2, 0.25) is 5.96 Å². The predicted molar refractivity (Wildman–Crippen MR) is 107 cm³/mol. The van der Waals surface area contributed by atoms with Crippen LogP contribution >= 0.6 is 0 Å². The van der Waals surface area contributed by atoms with Crippen LogP contribution in [0.3, 0.4) is 0 Å². The van der Waals surface area contributed by atoms with Crippen LogP contribution < -0.4 is 0 Å². The second kappa shape index (κ2) is 7.67. The molecule has 1 aromatic rings. The highest BCUT2D eigenvalue weighted by Gasteiger charge is 2.37. The Labute approximate surface area is 164 Å². The third kappa shape index (κ3) is 3.53. The molecule has 1 aromatic carbocycles. The summed E-state index contributed by atoms with van der Waals surface area (Å²) < 4.78 is 0. The van der Waals surface area contributed by atoms with E-state index in [2.05, 4.69) is 9.80 Å². The number of imide groups is 2. The van der Waals surface area contributed by atoms with Crippen LogP contribution in [0.15, 0.2) is 47.0 Å². The number of para-hydroxylation sites is 1. The normalized spacial score (nSPS) is 18.1. The molecule has 3 rings (SSSR count). The molecule has 8 nitrogen and oxygen atoms in total. The zero-order valence-electron chi connectivity index (χ0n) is 16.4. The Hall–Kier alpha value is -3.42. The van der Waals surface area contributed by atoms with E-state index >= 15 is 0 Å². The van der Waals surface area contributed by atoms with Gasteiger partial charge in [0.1, 0.15) is 5.57 Å². The number of likely N-dealkylation sites (N-methyl/N-ethyl adjacent to an activating group) is 4. The summed E-state index contributed by atoms with van der Waals surface area (Å²) in [5, 5.41) is 0. The highest BCUT2D eigenvalue weighted by molar-refractivity contribution is 6.28. The van der Waals surface area contributed by atoms with E-state index in [1.54, 1.807) is 12.2 Å². The molecule has 2 saturated heterocycles. The number of carbonyl (C=O) groups excluding carboxylic acids is 3. The summed E-state index contributed by atoms with van der Waals surface area (Å²) >= 11 is 0. The Morgan fingerprint density at radius 1 is 0.893 bits per heavy atom. The lowest BCUT2D eigenvalue weighted by atomic mass is 10.1. The largest absolute Gasteiger partial charge is 0.344 e. The second-order valence-corrected chi connectivity index (χ2v) is 6.76. The van der Waals surface area contributed by atoms with Gasteiger partial charge in [0.15, 0.2) is 0 Å². The van der Waals surface area contributed by atoms with E-state index in [1.807, 2.05) is 38.4 Å². The number of benzene rings is 1. The molecule has 2 heterocycles. The van der Waals surface area contributed by atoms with Gasteiger partial charge in [-0.2, -0.15) is 0 Å². The van der Waals surface area contributed by atoms with Crippen LogP contribution in [0.4, 0.5) is 10.5 Å². The SMILES string of the molecule is CN1CCN(C)C1=Nc1ccccc1/C=C/C=C1C(=O)N(C)C(=O)N(C)C1=O. The van der Waals surface area contributed by atoms with Gasteiger partial charge in [-0.1, -0.05) is 30.4 Å². The molecule has 8 heteroatoms. The van der Waals surface area contributed by atoms with Crippen molar-refractivity contribution in [1.82, 2.24) is 19.6 Å². The number of amides is 4. The topological polar surface area (TPSA) is 76.5 Å². The molecule has 2 aliphatic rings. The summed E-state index contributed by atoms with van der Waals surface area (Å²) in [6.07, 6.45) is 4.85. The Balaban J connectivity index is 1.89. The summed E-state index contributed by atoms with van der Waals surface area (Å²) in [5.41, 5.74) is 1.59. The van der Waals surface area contributed by atoms with E-state index in [9.17, 15) is 14.4 Å². The van der Waals surface area contributed by atoms with Crippen molar-refractivity contribution in [1.29, 1.82) is 0 Å². The van der Waals surface area contributed by atoms with E-state index in [0.29, 0.717) is 0 Å². The molecule has 0 aromatic heterocycles. The van der Waals surface area contributed by atoms with Gasteiger partial charge in [-0.15, -0.1) is 0 Å². The number of hydrogen-bond acceptors (Lipinski definition) is 4. The minimum atomic E-state index is -0.637. The van der Waals surface area contributed by atoms with Gasteiger partial charge >= 0.3 is 6.03 Å². The summed E-state index contributed by atoms with van der Waals surface area (Å²) in [4.78, 5) is 47.0. The van der Waals surface area contributed by atoms with Crippen LogP contribution in [0.5, 0.6) is 0 Å². The van der Waals surface area contributed by atoms with Crippen molar-refractivity contribution in [2.75, 3.05) is 41.3 Å². The molecule has 4 amide bonds. The first-order valence-corrected chi connectivity index (χ1v) is 8.89. The van der Waals surface area contributed by atoms with Gasteiger partial charge in [0.25, 0.3) is 11.8 Å². The highest BCUT2D eigenvalue weighted by Crippen LogP contribution is 2.23. The fourth-order valence-electron chi connectivity index (χ4n) is 3.04. The van der Waals surface area contributed by atoms with Gasteiger partial charge in [-0.25, -0.2) is 9.79 Å². The molecule has 2 fully saturated rings. The third-order valence-electron chi connectivity index (χ3n) is 4.79. The van der Waals surface area contributed by atoms with Crippen LogP contribution in [0, 0.1) is 0 Å². The van der Waals surface area contributed by atoms with Crippen molar-refractivity contribution >= 4 is 35.6 Å². The number of allylic oxidation sites excluding steroid dienone is 2. The molecule has 0 radical (unpaired) electrons. The first-order valence-electron chi connectivity index (χ1n) is 8.89. The first kappa shape index (κ1) is 19.3. The van der Waals surface area contributed by atoms with Crippen LogP contribution in [0.25, 0.3) is 6.08 Å². The maximum Gasteiger partial charge on any atom is 0.333 e. The molecule has 28 heavy (non-hydrogen) atoms. The predicted octanol–water partition coefficient (Wildman–Crippen LogP) is 1.54. The van der Waals surface area contributed by atoms with Gasteiger partial charge in [-0.05, 0) is 12.1 Å². The van der Waals surface area contributed by atoms with Gasteiger partial charge in [-0.3, -0.25) is 19.4 Å². The lowest BCUT2D eigenvalue weighted by molar-refractivity contribution is -0.134. The molecule has 0 unspecified atom stereocenters. The minimum Gasteiger partial charge on any atom is -0.344 e. The van der Waals surface area contributed by atoms with Crippen molar-refractivity contribution < 1.29 is 14.4 Å². The van der Waals surface area contributed by atoms with Crippen LogP contribution in [-0.4, -0.2) is 84.7 Å². The molecule has 0 saturated carbocycles. The van der Waals surface area contributed by atoms with Gasteiger partial charge in [0.05, 0.1) is 5.69 Å². The number of urea groups is 1. The smallest absolute Gasteiger partial charge is 0.333 e. The highest BCUT2D eigenvalue weighted by atomic mass is 16.2. The third-order valence-corrected chi connectivity index (χ3v) is 4.79. The van der Waals surface area contributed by atoms with E-state index in [-0.39, 0.29) is 5.57 Å². The van der Waals surface area contributed by atoms with E-state index < -0.39 is 17.8 Å². The fraction of sp³-hybridized carbons (Fsp3) is 0.300. The molecular formula is C20H23N5O3. The quantitative estimate of drug-likeness (QED) is 0.586. The second-order valence-electron chi connectivity index (χ2n) is 6.76. The van der Waals surface area contributed by atoms with Crippen molar-refractivity contribution in [3.05, 3.63) is 47.6 Å². The van der Waals surface area contributed by atoms with Crippen molar-refractivity contribution in [3.63, 3.8) is 0 Å². The monoisotopic (exact) mass is 381 g/mol. The lowest BCUT2D eigenvalue weighted by Crippen LogP contribution is -2.52. The summed E-state index contributed by atoms with van der Waals surface area (Å²) in [5.74, 6) is -0.334. The standard InChI is InChI=1S/C20H23N5O3/c1-22-12-13-23(2)19(22)21-16-11-6-5-8-14(16)9-7-10-15-17(26)24(3)20(28)25(4)18(15)27/h5-11H,12-13H2,1-4H3/b9-7+. The number of guanidine groups is 1. The molecule has 146 valence electrons. The van der Waals surface area contributed by atoms with E-state index in [4.69, 9.17) is 4.99 Å². The molecule has 2 aliphatic heterocycles. The van der Waals surface area contributed by atoms with E-state index in [1.165, 1.54) is 20.2 Å². The zero-order valence-corrected chi connectivity index (χ0v) is 16.4. The van der Waals surface area contributed by atoms with Crippen molar-refractivity contribution in [2.24, 2.45) is 4.99 Å². The average Bonchev–Trinajstić information content (AvgIpc) is 3.00. The zero-order chi connectivity index (χ0) is 20.4. The number of aliphatic imine (C=N–C) groups is 1. The Bertz CT molecular complexity index is 880. The van der Waals surface area contributed by atoms with Crippen LogP contribution in [-0.2, 0) is 9.59 Å². The number of carbonyl (C=O) groups is 3. The molecule has 0 atom stereocenters. The number of hydrogen-bond donors (Lipinski definition) is 0. The maximum atomic E-state index is 12.2. The van der Waals surface area contributed by atoms with Gasteiger partial charge in [0, 0.05) is 46.8 Å². The molecule has 0 N–H and O–H groups in total. The number of barbiturate groups is 1. The van der Waals surface area contributed by atoms with Crippen molar-refractivity contribution in [3.8, 4) is 0 Å². The summed E-state index contributed by atoms with van der Waals surface area (Å²) in [6, 6.07) is 7.00.